The lowest BCUT2D eigenvalue weighted by atomic mass is 9.97. The van der Waals surface area contributed by atoms with Crippen molar-refractivity contribution in [3.63, 3.8) is 0 Å². The lowest BCUT2D eigenvalue weighted by Gasteiger charge is -2.32. The van der Waals surface area contributed by atoms with E-state index in [2.05, 4.69) is 15.3 Å². The van der Waals surface area contributed by atoms with Crippen LogP contribution in [0.3, 0.4) is 0 Å². The molecule has 3 rings (SSSR count). The molecule has 0 saturated carbocycles. The van der Waals surface area contributed by atoms with Gasteiger partial charge in [-0.25, -0.2) is 41.6 Å². The summed E-state index contributed by atoms with van der Waals surface area (Å²) in [6.07, 6.45) is 4.75. The third-order valence-corrected chi connectivity index (χ3v) is 5.80. The van der Waals surface area contributed by atoms with Crippen LogP contribution in [0.1, 0.15) is 12.8 Å². The van der Waals surface area contributed by atoms with E-state index in [1.165, 1.54) is 0 Å². The topological polar surface area (TPSA) is 116 Å². The minimum atomic E-state index is -3.67. The van der Waals surface area contributed by atoms with Crippen LogP contribution in [0.5, 0.6) is 0 Å². The van der Waals surface area contributed by atoms with Gasteiger partial charge in [0.05, 0.1) is 31.7 Å². The predicted molar refractivity (Wildman–Crippen MR) is 94.0 cm³/mol. The number of amides is 4. The standard InChI is InChI=1S/C15H21FN6O4S/c1-27(25,26)22-7-6-21(15(22)24)14(23)19-8-11-2-4-20(5-3-11)13-17-9-12(16)10-18-13/h9-11H,2-8H2,1H3,(H,19,23). The zero-order valence-corrected chi connectivity index (χ0v) is 15.7. The van der Waals surface area contributed by atoms with Crippen molar-refractivity contribution in [2.75, 3.05) is 43.9 Å². The number of nitrogens with one attached hydrogen (secondary N) is 1. The molecule has 1 aromatic heterocycles. The molecule has 2 fully saturated rings. The van der Waals surface area contributed by atoms with Crippen LogP contribution in [0, 0.1) is 11.7 Å². The Hall–Kier alpha value is -2.50. The number of nitrogens with zero attached hydrogens (tertiary/aromatic N) is 5. The Morgan fingerprint density at radius 3 is 2.41 bits per heavy atom. The van der Waals surface area contributed by atoms with Crippen molar-refractivity contribution in [3.8, 4) is 0 Å². The second kappa shape index (κ2) is 7.62. The summed E-state index contributed by atoms with van der Waals surface area (Å²) in [5, 5.41) is 2.70. The Balaban J connectivity index is 1.45. The quantitative estimate of drug-likeness (QED) is 0.770. The first-order valence-corrected chi connectivity index (χ1v) is 10.4. The number of hydrogen-bond acceptors (Lipinski definition) is 7. The van der Waals surface area contributed by atoms with Gasteiger partial charge >= 0.3 is 12.1 Å². The molecule has 0 bridgehead atoms. The largest absolute Gasteiger partial charge is 0.341 e. The summed E-state index contributed by atoms with van der Waals surface area (Å²) in [6.45, 7) is 1.76. The van der Waals surface area contributed by atoms with E-state index in [-0.39, 0.29) is 19.0 Å². The Labute approximate surface area is 156 Å². The van der Waals surface area contributed by atoms with Crippen LogP contribution in [0.25, 0.3) is 0 Å². The molecule has 0 unspecified atom stereocenters. The number of anilines is 1. The molecule has 1 aromatic rings. The van der Waals surface area contributed by atoms with Crippen molar-refractivity contribution >= 4 is 28.0 Å². The molecule has 0 aliphatic carbocycles. The van der Waals surface area contributed by atoms with Crippen LogP contribution >= 0.6 is 0 Å². The highest BCUT2D eigenvalue weighted by Crippen LogP contribution is 2.20. The maximum Gasteiger partial charge on any atom is 0.341 e. The van der Waals surface area contributed by atoms with Crippen molar-refractivity contribution in [2.24, 2.45) is 5.92 Å². The molecule has 1 N–H and O–H groups in total. The van der Waals surface area contributed by atoms with Gasteiger partial charge < -0.3 is 10.2 Å². The normalized spacial score (nSPS) is 18.9. The van der Waals surface area contributed by atoms with Crippen molar-refractivity contribution in [1.82, 2.24) is 24.5 Å². The zero-order chi connectivity index (χ0) is 19.6. The smallest absolute Gasteiger partial charge is 0.341 e. The number of rotatable bonds is 4. The van der Waals surface area contributed by atoms with Gasteiger partial charge in [-0.05, 0) is 18.8 Å². The van der Waals surface area contributed by atoms with E-state index in [1.54, 1.807) is 0 Å². The van der Waals surface area contributed by atoms with Crippen LogP contribution in [0.15, 0.2) is 12.4 Å². The average Bonchev–Trinajstić information content (AvgIpc) is 3.03. The van der Waals surface area contributed by atoms with Crippen LogP contribution in [-0.4, -0.2) is 78.6 Å². The third-order valence-electron chi connectivity index (χ3n) is 4.66. The van der Waals surface area contributed by atoms with E-state index in [0.29, 0.717) is 29.9 Å². The molecular formula is C15H21FN6O4S. The molecule has 148 valence electrons. The highest BCUT2D eigenvalue weighted by atomic mass is 32.2. The van der Waals surface area contributed by atoms with Crippen molar-refractivity contribution in [2.45, 2.75) is 12.8 Å². The molecule has 2 aliphatic heterocycles. The number of sulfonamides is 1. The maximum atomic E-state index is 12.9. The molecule has 3 heterocycles. The highest BCUT2D eigenvalue weighted by molar-refractivity contribution is 7.88. The van der Waals surface area contributed by atoms with Crippen LogP contribution in [0.4, 0.5) is 19.9 Å². The lowest BCUT2D eigenvalue weighted by molar-refractivity contribution is 0.192. The number of piperidine rings is 1. The van der Waals surface area contributed by atoms with Crippen LogP contribution < -0.4 is 10.2 Å². The molecule has 0 spiro atoms. The Kier molecular flexibility index (Phi) is 5.44. The molecule has 0 atom stereocenters. The van der Waals surface area contributed by atoms with Gasteiger partial charge in [-0.3, -0.25) is 0 Å². The van der Waals surface area contributed by atoms with Gasteiger partial charge in [-0.15, -0.1) is 0 Å². The monoisotopic (exact) mass is 400 g/mol. The fourth-order valence-electron chi connectivity index (χ4n) is 3.15. The number of imide groups is 1. The van der Waals surface area contributed by atoms with Gasteiger partial charge in [0, 0.05) is 19.6 Å². The number of aromatic nitrogens is 2. The lowest BCUT2D eigenvalue weighted by Crippen LogP contribution is -2.46. The van der Waals surface area contributed by atoms with Crippen molar-refractivity contribution in [1.29, 1.82) is 0 Å². The van der Waals surface area contributed by atoms with E-state index in [4.69, 9.17) is 0 Å². The summed E-state index contributed by atoms with van der Waals surface area (Å²) in [5.41, 5.74) is 0. The Bertz CT molecular complexity index is 810. The molecule has 2 saturated heterocycles. The van der Waals surface area contributed by atoms with Gasteiger partial charge in [0.25, 0.3) is 0 Å². The first-order chi connectivity index (χ1) is 12.8. The predicted octanol–water partition coefficient (Wildman–Crippen LogP) is 0.239. The van der Waals surface area contributed by atoms with E-state index in [0.717, 1.165) is 36.4 Å². The number of urea groups is 2. The molecule has 0 radical (unpaired) electrons. The minimum Gasteiger partial charge on any atom is -0.341 e. The Morgan fingerprint density at radius 2 is 1.85 bits per heavy atom. The van der Waals surface area contributed by atoms with E-state index < -0.39 is 27.9 Å². The molecule has 10 nitrogen and oxygen atoms in total. The van der Waals surface area contributed by atoms with E-state index >= 15 is 0 Å². The third kappa shape index (κ3) is 4.43. The van der Waals surface area contributed by atoms with Gasteiger partial charge in [-0.2, -0.15) is 0 Å². The number of carbonyl (C=O) groups excluding carboxylic acids is 2. The average molecular weight is 400 g/mol. The minimum absolute atomic E-state index is 0.0266. The molecule has 4 amide bonds. The fraction of sp³-hybridized carbons (Fsp3) is 0.600. The van der Waals surface area contributed by atoms with Gasteiger partial charge in [-0.1, -0.05) is 0 Å². The first-order valence-electron chi connectivity index (χ1n) is 8.55. The molecular weight excluding hydrogens is 379 g/mol. The number of halogens is 1. The second-order valence-corrected chi connectivity index (χ2v) is 8.49. The fourth-order valence-corrected chi connectivity index (χ4v) is 3.94. The van der Waals surface area contributed by atoms with Crippen LogP contribution in [0.2, 0.25) is 0 Å². The van der Waals surface area contributed by atoms with E-state index in [9.17, 15) is 22.4 Å². The number of carbonyl (C=O) groups is 2. The van der Waals surface area contributed by atoms with Crippen molar-refractivity contribution < 1.29 is 22.4 Å². The van der Waals surface area contributed by atoms with Gasteiger partial charge in [0.1, 0.15) is 0 Å². The SMILES string of the molecule is CS(=O)(=O)N1CCN(C(=O)NCC2CCN(c3ncc(F)cn3)CC2)C1=O. The van der Waals surface area contributed by atoms with E-state index in [1.807, 2.05) is 4.90 Å². The van der Waals surface area contributed by atoms with Gasteiger partial charge in [0.15, 0.2) is 5.82 Å². The summed E-state index contributed by atoms with van der Waals surface area (Å²) < 4.78 is 36.6. The summed E-state index contributed by atoms with van der Waals surface area (Å²) >= 11 is 0. The zero-order valence-electron chi connectivity index (χ0n) is 14.8. The summed E-state index contributed by atoms with van der Waals surface area (Å²) in [6, 6.07) is -1.41. The Morgan fingerprint density at radius 1 is 1.22 bits per heavy atom. The maximum absolute atomic E-state index is 12.9. The molecule has 0 aromatic carbocycles. The molecule has 12 heteroatoms. The molecule has 2 aliphatic rings. The second-order valence-electron chi connectivity index (χ2n) is 6.59. The molecule has 27 heavy (non-hydrogen) atoms. The summed E-state index contributed by atoms with van der Waals surface area (Å²) in [4.78, 5) is 35.0. The number of hydrogen-bond donors (Lipinski definition) is 1. The highest BCUT2D eigenvalue weighted by Gasteiger charge is 2.38. The van der Waals surface area contributed by atoms with Gasteiger partial charge in [0.2, 0.25) is 16.0 Å². The van der Waals surface area contributed by atoms with Crippen molar-refractivity contribution in [3.05, 3.63) is 18.2 Å². The first kappa shape index (κ1) is 19.3. The van der Waals surface area contributed by atoms with Crippen LogP contribution in [-0.2, 0) is 10.0 Å². The summed E-state index contributed by atoms with van der Waals surface area (Å²) in [7, 11) is -3.67. The summed E-state index contributed by atoms with van der Waals surface area (Å²) in [5.74, 6) is 0.207.